The van der Waals surface area contributed by atoms with E-state index in [1.807, 2.05) is 12.1 Å². The molecule has 0 spiro atoms. The Kier molecular flexibility index (Phi) is 4.60. The van der Waals surface area contributed by atoms with Crippen LogP contribution in [0.3, 0.4) is 0 Å². The highest BCUT2D eigenvalue weighted by molar-refractivity contribution is 7.80. The van der Waals surface area contributed by atoms with Crippen molar-refractivity contribution in [3.05, 3.63) is 33.8 Å². The Balaban J connectivity index is 2.62. The van der Waals surface area contributed by atoms with Gasteiger partial charge in [0.15, 0.2) is 0 Å². The van der Waals surface area contributed by atoms with Gasteiger partial charge in [-0.2, -0.15) is 0 Å². The van der Waals surface area contributed by atoms with Gasteiger partial charge >= 0.3 is 0 Å². The molecule has 0 amide bonds. The van der Waals surface area contributed by atoms with Crippen molar-refractivity contribution >= 4 is 40.4 Å². The molecule has 0 aliphatic heterocycles. The zero-order valence-electron chi connectivity index (χ0n) is 9.60. The summed E-state index contributed by atoms with van der Waals surface area (Å²) in [6.07, 6.45) is 0. The third-order valence-corrected chi connectivity index (χ3v) is 3.61. The van der Waals surface area contributed by atoms with Gasteiger partial charge in [0.25, 0.3) is 0 Å². The minimum atomic E-state index is -0.00838. The van der Waals surface area contributed by atoms with Gasteiger partial charge in [-0.15, -0.1) is 0 Å². The van der Waals surface area contributed by atoms with Gasteiger partial charge in [0.05, 0.1) is 15.0 Å². The maximum atomic E-state index is 5.93. The summed E-state index contributed by atoms with van der Waals surface area (Å²) in [5, 5.41) is 4.36. The van der Waals surface area contributed by atoms with Crippen molar-refractivity contribution in [3.8, 4) is 0 Å². The fraction of sp³-hybridized carbons (Fsp3) is 0.417. The minimum absolute atomic E-state index is 0.00838. The molecule has 0 aliphatic carbocycles. The van der Waals surface area contributed by atoms with Crippen LogP contribution in [0.4, 0.5) is 0 Å². The van der Waals surface area contributed by atoms with E-state index in [-0.39, 0.29) is 5.41 Å². The van der Waals surface area contributed by atoms with Crippen LogP contribution in [0.5, 0.6) is 0 Å². The molecule has 1 rings (SSSR count). The van der Waals surface area contributed by atoms with Crippen molar-refractivity contribution in [1.82, 2.24) is 5.32 Å². The Bertz CT molecular complexity index is 396. The van der Waals surface area contributed by atoms with E-state index in [0.29, 0.717) is 16.6 Å². The molecule has 88 valence electrons. The molecule has 1 aromatic carbocycles. The first-order valence-corrected chi connectivity index (χ1v) is 6.19. The fourth-order valence-corrected chi connectivity index (χ4v) is 1.49. The third kappa shape index (κ3) is 3.93. The molecule has 0 saturated carbocycles. The highest BCUT2D eigenvalue weighted by Gasteiger charge is 2.16. The van der Waals surface area contributed by atoms with Gasteiger partial charge < -0.3 is 5.32 Å². The predicted octanol–water partition coefficient (Wildman–Crippen LogP) is 4.46. The van der Waals surface area contributed by atoms with E-state index in [0.717, 1.165) is 10.6 Å². The van der Waals surface area contributed by atoms with Crippen LogP contribution in [0.1, 0.15) is 26.3 Å². The smallest absolute Gasteiger partial charge is 0.0810 e. The molecule has 0 radical (unpaired) electrons. The number of halogens is 2. The first-order chi connectivity index (χ1) is 7.30. The minimum Gasteiger partial charge on any atom is -0.375 e. The molecular weight excluding hydrogens is 261 g/mol. The number of benzene rings is 1. The molecule has 0 aromatic heterocycles. The maximum Gasteiger partial charge on any atom is 0.0810 e. The van der Waals surface area contributed by atoms with Crippen molar-refractivity contribution in [2.45, 2.75) is 27.3 Å². The second-order valence-electron chi connectivity index (χ2n) is 4.68. The number of rotatable bonds is 2. The summed E-state index contributed by atoms with van der Waals surface area (Å²) in [5.74, 6) is 0. The Labute approximate surface area is 112 Å². The number of nitrogens with one attached hydrogen (secondary N) is 1. The molecule has 0 atom stereocenters. The van der Waals surface area contributed by atoms with Crippen LogP contribution in [0.15, 0.2) is 18.2 Å². The molecule has 0 saturated heterocycles. The zero-order chi connectivity index (χ0) is 12.3. The van der Waals surface area contributed by atoms with E-state index in [1.54, 1.807) is 6.07 Å². The Morgan fingerprint density at radius 3 is 2.38 bits per heavy atom. The lowest BCUT2D eigenvalue weighted by Crippen LogP contribution is -2.32. The molecule has 0 bridgehead atoms. The second kappa shape index (κ2) is 5.35. The molecule has 0 unspecified atom stereocenters. The Morgan fingerprint density at radius 1 is 1.25 bits per heavy atom. The van der Waals surface area contributed by atoms with Crippen LogP contribution in [-0.4, -0.2) is 4.99 Å². The van der Waals surface area contributed by atoms with Gasteiger partial charge in [-0.1, -0.05) is 62.3 Å². The van der Waals surface area contributed by atoms with Crippen LogP contribution >= 0.6 is 35.4 Å². The highest BCUT2D eigenvalue weighted by Crippen LogP contribution is 2.22. The normalized spacial score (nSPS) is 11.3. The molecule has 4 heteroatoms. The lowest BCUT2D eigenvalue weighted by molar-refractivity contribution is 0.575. The number of hydrogen-bond donors (Lipinski definition) is 1. The van der Waals surface area contributed by atoms with Gasteiger partial charge in [0.2, 0.25) is 0 Å². The van der Waals surface area contributed by atoms with Crippen molar-refractivity contribution in [3.63, 3.8) is 0 Å². The first-order valence-electron chi connectivity index (χ1n) is 5.03. The van der Waals surface area contributed by atoms with Crippen LogP contribution in [0.2, 0.25) is 10.0 Å². The van der Waals surface area contributed by atoms with Gasteiger partial charge in [-0.25, -0.2) is 0 Å². The Hall–Kier alpha value is -0.310. The largest absolute Gasteiger partial charge is 0.375 e. The topological polar surface area (TPSA) is 12.0 Å². The standard InChI is InChI=1S/C12H15Cl2NS/c1-12(2,3)11(16)15-7-8-4-5-9(13)10(14)6-8/h4-6H,7H2,1-3H3,(H,15,16). The summed E-state index contributed by atoms with van der Waals surface area (Å²) in [4.78, 5) is 0.846. The molecule has 0 heterocycles. The summed E-state index contributed by atoms with van der Waals surface area (Å²) in [5.41, 5.74) is 1.06. The SMILES string of the molecule is CC(C)(C)C(=S)NCc1ccc(Cl)c(Cl)c1. The lowest BCUT2D eigenvalue weighted by Gasteiger charge is -2.21. The van der Waals surface area contributed by atoms with Crippen LogP contribution in [-0.2, 0) is 6.54 Å². The van der Waals surface area contributed by atoms with Crippen LogP contribution < -0.4 is 5.32 Å². The highest BCUT2D eigenvalue weighted by atomic mass is 35.5. The lowest BCUT2D eigenvalue weighted by atomic mass is 9.96. The summed E-state index contributed by atoms with van der Waals surface area (Å²) in [6, 6.07) is 5.58. The van der Waals surface area contributed by atoms with Crippen LogP contribution in [0.25, 0.3) is 0 Å². The van der Waals surface area contributed by atoms with E-state index < -0.39 is 0 Å². The summed E-state index contributed by atoms with van der Waals surface area (Å²) in [7, 11) is 0. The molecular formula is C12H15Cl2NS. The maximum absolute atomic E-state index is 5.93. The van der Waals surface area contributed by atoms with Gasteiger partial charge in [0, 0.05) is 12.0 Å². The average Bonchev–Trinajstić information content (AvgIpc) is 2.18. The van der Waals surface area contributed by atoms with Crippen molar-refractivity contribution in [1.29, 1.82) is 0 Å². The predicted molar refractivity (Wildman–Crippen MR) is 75.4 cm³/mol. The zero-order valence-corrected chi connectivity index (χ0v) is 11.9. The van der Waals surface area contributed by atoms with E-state index in [4.69, 9.17) is 35.4 Å². The molecule has 16 heavy (non-hydrogen) atoms. The monoisotopic (exact) mass is 275 g/mol. The van der Waals surface area contributed by atoms with Crippen molar-refractivity contribution in [2.24, 2.45) is 5.41 Å². The summed E-state index contributed by atoms with van der Waals surface area (Å²) in [6.45, 7) is 6.92. The van der Waals surface area contributed by atoms with E-state index in [9.17, 15) is 0 Å². The van der Waals surface area contributed by atoms with E-state index in [1.165, 1.54) is 0 Å². The molecule has 0 aliphatic rings. The van der Waals surface area contributed by atoms with Crippen molar-refractivity contribution < 1.29 is 0 Å². The van der Waals surface area contributed by atoms with Gasteiger partial charge in [0.1, 0.15) is 0 Å². The number of thiocarbonyl (C=S) groups is 1. The molecule has 1 N–H and O–H groups in total. The average molecular weight is 276 g/mol. The van der Waals surface area contributed by atoms with Gasteiger partial charge in [-0.3, -0.25) is 0 Å². The quantitative estimate of drug-likeness (QED) is 0.800. The summed E-state index contributed by atoms with van der Waals surface area (Å²) >= 11 is 17.0. The Morgan fingerprint density at radius 2 is 1.88 bits per heavy atom. The second-order valence-corrected chi connectivity index (χ2v) is 5.90. The third-order valence-electron chi connectivity index (χ3n) is 2.12. The summed E-state index contributed by atoms with van der Waals surface area (Å²) < 4.78 is 0. The van der Waals surface area contributed by atoms with Gasteiger partial charge in [-0.05, 0) is 17.7 Å². The number of hydrogen-bond acceptors (Lipinski definition) is 1. The van der Waals surface area contributed by atoms with Crippen LogP contribution in [0, 0.1) is 5.41 Å². The molecule has 0 fully saturated rings. The van der Waals surface area contributed by atoms with Crippen molar-refractivity contribution in [2.75, 3.05) is 0 Å². The fourth-order valence-electron chi connectivity index (χ4n) is 1.10. The van der Waals surface area contributed by atoms with E-state index >= 15 is 0 Å². The van der Waals surface area contributed by atoms with E-state index in [2.05, 4.69) is 26.1 Å². The first kappa shape index (κ1) is 13.8. The molecule has 1 aromatic rings. The molecule has 1 nitrogen and oxygen atoms in total.